The first-order chi connectivity index (χ1) is 15.9. The highest BCUT2D eigenvalue weighted by Crippen LogP contribution is 2.33. The van der Waals surface area contributed by atoms with Crippen LogP contribution in [0.5, 0.6) is 0 Å². The molecule has 3 aliphatic heterocycles. The van der Waals surface area contributed by atoms with Crippen molar-refractivity contribution in [1.29, 1.82) is 0 Å². The maximum absolute atomic E-state index is 15.0. The van der Waals surface area contributed by atoms with E-state index < -0.39 is 17.8 Å². The molecule has 2 saturated heterocycles. The number of carbonyl (C=O) groups is 3. The number of piperazine rings is 1. The van der Waals surface area contributed by atoms with Crippen LogP contribution in [-0.2, 0) is 22.7 Å². The number of carbonyl (C=O) groups excluding carboxylic acids is 3. The van der Waals surface area contributed by atoms with Crippen molar-refractivity contribution in [1.82, 2.24) is 15.1 Å². The Morgan fingerprint density at radius 2 is 1.76 bits per heavy atom. The Bertz CT molecular complexity index is 1120. The Morgan fingerprint density at radius 1 is 1.03 bits per heavy atom. The normalized spacial score (nSPS) is 21.4. The van der Waals surface area contributed by atoms with Gasteiger partial charge in [0.05, 0.1) is 5.69 Å². The van der Waals surface area contributed by atoms with E-state index in [1.165, 1.54) is 16.5 Å². The van der Waals surface area contributed by atoms with Crippen molar-refractivity contribution in [2.24, 2.45) is 0 Å². The number of amides is 3. The van der Waals surface area contributed by atoms with E-state index in [1.807, 2.05) is 29.2 Å². The van der Waals surface area contributed by atoms with Crippen LogP contribution >= 0.6 is 11.6 Å². The summed E-state index contributed by atoms with van der Waals surface area (Å²) in [6.45, 7) is 3.99. The van der Waals surface area contributed by atoms with Gasteiger partial charge in [0.15, 0.2) is 0 Å². The number of rotatable bonds is 4. The van der Waals surface area contributed by atoms with Crippen LogP contribution in [0.25, 0.3) is 0 Å². The van der Waals surface area contributed by atoms with Gasteiger partial charge in [-0.05, 0) is 41.8 Å². The minimum absolute atomic E-state index is 0.191. The largest absolute Gasteiger partial charge is 0.367 e. The van der Waals surface area contributed by atoms with Crippen molar-refractivity contribution in [3.8, 4) is 0 Å². The Balaban J connectivity index is 1.26. The molecular weight excluding hydrogens is 447 g/mol. The molecule has 0 bridgehead atoms. The van der Waals surface area contributed by atoms with Gasteiger partial charge in [-0.3, -0.25) is 24.6 Å². The topological polar surface area (TPSA) is 73.0 Å². The standard InChI is InChI=1S/C24H24ClFN4O3/c25-17-3-1-15(2-4-17)13-28-7-9-29(10-8-28)21-11-16-14-30(24(33)18(16)12-19(21)26)20-5-6-22(31)27-23(20)32/h1-4,11-12,20H,5-10,13-14H2,(H,27,31,32). The van der Waals surface area contributed by atoms with Crippen LogP contribution in [0.1, 0.15) is 34.3 Å². The fourth-order valence-electron chi connectivity index (χ4n) is 4.81. The Hall–Kier alpha value is -2.97. The molecule has 9 heteroatoms. The molecule has 2 fully saturated rings. The van der Waals surface area contributed by atoms with E-state index >= 15 is 4.39 Å². The molecule has 172 valence electrons. The summed E-state index contributed by atoms with van der Waals surface area (Å²) in [5.41, 5.74) is 2.67. The summed E-state index contributed by atoms with van der Waals surface area (Å²) >= 11 is 5.96. The Kier molecular flexibility index (Phi) is 5.80. The molecule has 0 aliphatic carbocycles. The molecule has 3 heterocycles. The molecule has 0 aromatic heterocycles. The van der Waals surface area contributed by atoms with E-state index in [1.54, 1.807) is 6.07 Å². The second-order valence-electron chi connectivity index (χ2n) is 8.75. The number of fused-ring (bicyclic) bond motifs is 1. The summed E-state index contributed by atoms with van der Waals surface area (Å²) in [5, 5.41) is 3.00. The first-order valence-electron chi connectivity index (χ1n) is 11.1. The highest BCUT2D eigenvalue weighted by atomic mass is 35.5. The average molecular weight is 471 g/mol. The van der Waals surface area contributed by atoms with Crippen molar-refractivity contribution in [2.45, 2.75) is 32.0 Å². The number of benzene rings is 2. The van der Waals surface area contributed by atoms with Gasteiger partial charge in [-0.15, -0.1) is 0 Å². The van der Waals surface area contributed by atoms with Crippen molar-refractivity contribution in [3.05, 3.63) is 63.9 Å². The van der Waals surface area contributed by atoms with E-state index in [2.05, 4.69) is 10.2 Å². The number of nitrogens with zero attached hydrogens (tertiary/aromatic N) is 3. The van der Waals surface area contributed by atoms with Gasteiger partial charge in [0, 0.05) is 56.3 Å². The molecule has 1 N–H and O–H groups in total. The van der Waals surface area contributed by atoms with Crippen LogP contribution in [-0.4, -0.2) is 59.7 Å². The van der Waals surface area contributed by atoms with Gasteiger partial charge in [-0.1, -0.05) is 23.7 Å². The van der Waals surface area contributed by atoms with Gasteiger partial charge in [-0.2, -0.15) is 0 Å². The van der Waals surface area contributed by atoms with Gasteiger partial charge < -0.3 is 9.80 Å². The fourth-order valence-corrected chi connectivity index (χ4v) is 4.94. The molecule has 3 aliphatic rings. The van der Waals surface area contributed by atoms with Gasteiger partial charge in [0.1, 0.15) is 11.9 Å². The quantitative estimate of drug-likeness (QED) is 0.695. The minimum Gasteiger partial charge on any atom is -0.367 e. The molecule has 1 atom stereocenters. The highest BCUT2D eigenvalue weighted by Gasteiger charge is 2.39. The first-order valence-corrected chi connectivity index (χ1v) is 11.5. The lowest BCUT2D eigenvalue weighted by Gasteiger charge is -2.36. The zero-order valence-corrected chi connectivity index (χ0v) is 18.8. The smallest absolute Gasteiger partial charge is 0.255 e. The summed E-state index contributed by atoms with van der Waals surface area (Å²) in [5.74, 6) is -1.59. The van der Waals surface area contributed by atoms with E-state index in [0.29, 0.717) is 34.9 Å². The van der Waals surface area contributed by atoms with Crippen molar-refractivity contribution in [2.75, 3.05) is 31.1 Å². The number of hydrogen-bond donors (Lipinski definition) is 1. The lowest BCUT2D eigenvalue weighted by Crippen LogP contribution is -2.52. The zero-order chi connectivity index (χ0) is 23.1. The second-order valence-corrected chi connectivity index (χ2v) is 9.19. The maximum Gasteiger partial charge on any atom is 0.255 e. The number of imide groups is 1. The highest BCUT2D eigenvalue weighted by molar-refractivity contribution is 6.30. The summed E-state index contributed by atoms with van der Waals surface area (Å²) in [6.07, 6.45) is 0.478. The molecule has 0 spiro atoms. The number of piperidine rings is 1. The number of anilines is 1. The van der Waals surface area contributed by atoms with Crippen molar-refractivity contribution >= 4 is 35.0 Å². The van der Waals surface area contributed by atoms with Gasteiger partial charge >= 0.3 is 0 Å². The zero-order valence-electron chi connectivity index (χ0n) is 18.0. The number of hydrogen-bond acceptors (Lipinski definition) is 5. The third-order valence-corrected chi connectivity index (χ3v) is 6.88. The lowest BCUT2D eigenvalue weighted by molar-refractivity contribution is -0.136. The molecular formula is C24H24ClFN4O3. The van der Waals surface area contributed by atoms with E-state index in [-0.39, 0.29) is 31.2 Å². The molecule has 0 radical (unpaired) electrons. The van der Waals surface area contributed by atoms with Crippen LogP contribution in [0.3, 0.4) is 0 Å². The predicted molar refractivity (Wildman–Crippen MR) is 121 cm³/mol. The van der Waals surface area contributed by atoms with Crippen molar-refractivity contribution in [3.63, 3.8) is 0 Å². The number of halogens is 2. The maximum atomic E-state index is 15.0. The third kappa shape index (κ3) is 4.32. The van der Waals surface area contributed by atoms with Crippen LogP contribution in [0, 0.1) is 5.82 Å². The average Bonchev–Trinajstić information content (AvgIpc) is 3.11. The summed E-state index contributed by atoms with van der Waals surface area (Å²) < 4.78 is 15.0. The van der Waals surface area contributed by atoms with E-state index in [4.69, 9.17) is 11.6 Å². The Labute approximate surface area is 196 Å². The SMILES string of the molecule is O=C1CCC(N2Cc3cc(N4CCN(Cc5ccc(Cl)cc5)CC4)c(F)cc3C2=O)C(=O)N1. The van der Waals surface area contributed by atoms with E-state index in [9.17, 15) is 14.4 Å². The number of nitrogens with one attached hydrogen (secondary N) is 1. The van der Waals surface area contributed by atoms with Gasteiger partial charge in [-0.25, -0.2) is 4.39 Å². The molecule has 0 saturated carbocycles. The first kappa shape index (κ1) is 21.9. The fraction of sp³-hybridized carbons (Fsp3) is 0.375. The Morgan fingerprint density at radius 3 is 2.45 bits per heavy atom. The van der Waals surface area contributed by atoms with Crippen LogP contribution in [0.15, 0.2) is 36.4 Å². The predicted octanol–water partition coefficient (Wildman–Crippen LogP) is 2.56. The van der Waals surface area contributed by atoms with Crippen LogP contribution < -0.4 is 10.2 Å². The molecule has 1 unspecified atom stereocenters. The third-order valence-electron chi connectivity index (χ3n) is 6.62. The molecule has 7 nitrogen and oxygen atoms in total. The lowest BCUT2D eigenvalue weighted by atomic mass is 10.0. The molecule has 5 rings (SSSR count). The molecule has 2 aromatic rings. The van der Waals surface area contributed by atoms with Crippen LogP contribution in [0.4, 0.5) is 10.1 Å². The summed E-state index contributed by atoms with van der Waals surface area (Å²) in [6, 6.07) is 10.1. The van der Waals surface area contributed by atoms with Gasteiger partial charge in [0.25, 0.3) is 5.91 Å². The van der Waals surface area contributed by atoms with Gasteiger partial charge in [0.2, 0.25) is 11.8 Å². The molecule has 33 heavy (non-hydrogen) atoms. The summed E-state index contributed by atoms with van der Waals surface area (Å²) in [4.78, 5) is 42.3. The minimum atomic E-state index is -0.703. The monoisotopic (exact) mass is 470 g/mol. The molecule has 2 aromatic carbocycles. The van der Waals surface area contributed by atoms with E-state index in [0.717, 1.165) is 19.6 Å². The van der Waals surface area contributed by atoms with Crippen LogP contribution in [0.2, 0.25) is 5.02 Å². The summed E-state index contributed by atoms with van der Waals surface area (Å²) in [7, 11) is 0. The van der Waals surface area contributed by atoms with Crippen molar-refractivity contribution < 1.29 is 18.8 Å². The second kappa shape index (κ2) is 8.76. The molecule has 3 amide bonds.